The zero-order valence-corrected chi connectivity index (χ0v) is 6.44. The first-order chi connectivity index (χ1) is 6.34. The molecule has 4 heteroatoms. The summed E-state index contributed by atoms with van der Waals surface area (Å²) in [5.41, 5.74) is 1.03. The normalized spacial score (nSPS) is 11.4. The first-order valence-corrected chi connectivity index (χ1v) is 3.76. The van der Waals surface area contributed by atoms with Gasteiger partial charge in [-0.15, -0.1) is 0 Å². The van der Waals surface area contributed by atoms with E-state index in [0.29, 0.717) is 11.2 Å². The predicted molar refractivity (Wildman–Crippen MR) is 44.5 cm³/mol. The predicted octanol–water partition coefficient (Wildman–Crippen LogP) is 2.13. The van der Waals surface area contributed by atoms with E-state index < -0.39 is 5.82 Å². The van der Waals surface area contributed by atoms with Crippen LogP contribution in [0, 0.1) is 0 Å². The van der Waals surface area contributed by atoms with Gasteiger partial charge in [0.15, 0.2) is 0 Å². The molecule has 3 aromatic rings. The van der Waals surface area contributed by atoms with Crippen molar-refractivity contribution in [3.8, 4) is 0 Å². The summed E-state index contributed by atoms with van der Waals surface area (Å²) >= 11 is 0. The molecule has 1 aromatic carbocycles. The first-order valence-electron chi connectivity index (χ1n) is 3.76. The van der Waals surface area contributed by atoms with Crippen molar-refractivity contribution in [2.24, 2.45) is 0 Å². The summed E-state index contributed by atoms with van der Waals surface area (Å²) in [4.78, 5) is 10.7. The van der Waals surface area contributed by atoms with Gasteiger partial charge in [-0.25, -0.2) is 4.79 Å². The number of hydrogen-bond acceptors (Lipinski definition) is 4. The van der Waals surface area contributed by atoms with Crippen molar-refractivity contribution < 1.29 is 13.3 Å². The lowest BCUT2D eigenvalue weighted by molar-refractivity contribution is 0.385. The fraction of sp³-hybridized carbons (Fsp3) is 0. The average molecular weight is 176 g/mol. The Hall–Kier alpha value is -1.97. The lowest BCUT2D eigenvalue weighted by Crippen LogP contribution is -1.84. The summed E-state index contributed by atoms with van der Waals surface area (Å²) in [6.07, 6.45) is 0. The highest BCUT2D eigenvalue weighted by Crippen LogP contribution is 2.26. The van der Waals surface area contributed by atoms with E-state index in [1.165, 1.54) is 0 Å². The average Bonchev–Trinajstić information content (AvgIpc) is 2.60. The highest BCUT2D eigenvalue weighted by Gasteiger charge is 2.12. The van der Waals surface area contributed by atoms with Gasteiger partial charge in [-0.1, -0.05) is 12.1 Å². The maximum Gasteiger partial charge on any atom is 0.522 e. The van der Waals surface area contributed by atoms with Crippen LogP contribution in [0.4, 0.5) is 0 Å². The van der Waals surface area contributed by atoms with E-state index in [4.69, 9.17) is 8.83 Å². The van der Waals surface area contributed by atoms with Crippen LogP contribution in [0.3, 0.4) is 0 Å². The first kappa shape index (κ1) is 6.54. The lowest BCUT2D eigenvalue weighted by atomic mass is 10.2. The van der Waals surface area contributed by atoms with Gasteiger partial charge in [0.2, 0.25) is 5.58 Å². The highest BCUT2D eigenvalue weighted by atomic mass is 16.6. The summed E-state index contributed by atoms with van der Waals surface area (Å²) in [6.45, 7) is 0. The zero-order valence-electron chi connectivity index (χ0n) is 6.44. The Labute approximate surface area is 71.3 Å². The Morgan fingerprint density at radius 3 is 2.77 bits per heavy atom. The molecule has 0 N–H and O–H groups in total. The van der Waals surface area contributed by atoms with Gasteiger partial charge in [0.1, 0.15) is 5.58 Å². The molecule has 64 valence electrons. The standard InChI is InChI=1S/C9H4O4/c10-9-12-7-5-3-1-2-4-6(5)11-8(7)13-9/h1-4H. The molecule has 2 aromatic heterocycles. The van der Waals surface area contributed by atoms with Gasteiger partial charge in [0.05, 0.1) is 5.39 Å². The monoisotopic (exact) mass is 176 g/mol. The number of furan rings is 1. The van der Waals surface area contributed by atoms with Crippen LogP contribution in [0.2, 0.25) is 0 Å². The molecule has 0 radical (unpaired) electrons. The van der Waals surface area contributed by atoms with Gasteiger partial charge in [0.25, 0.3) is 0 Å². The van der Waals surface area contributed by atoms with E-state index >= 15 is 0 Å². The van der Waals surface area contributed by atoms with Gasteiger partial charge in [-0.2, -0.15) is 0 Å². The van der Waals surface area contributed by atoms with Crippen molar-refractivity contribution in [1.82, 2.24) is 0 Å². The second kappa shape index (κ2) is 2.04. The molecule has 0 spiro atoms. The Bertz CT molecular complexity index is 625. The maximum absolute atomic E-state index is 10.7. The summed E-state index contributed by atoms with van der Waals surface area (Å²) in [7, 11) is 0. The summed E-state index contributed by atoms with van der Waals surface area (Å²) in [5, 5.41) is 0.753. The zero-order chi connectivity index (χ0) is 8.84. The van der Waals surface area contributed by atoms with Crippen molar-refractivity contribution >= 4 is 22.3 Å². The van der Waals surface area contributed by atoms with Gasteiger partial charge in [-0.3, -0.25) is 0 Å². The number of rotatable bonds is 0. The van der Waals surface area contributed by atoms with Gasteiger partial charge in [0, 0.05) is 0 Å². The quantitative estimate of drug-likeness (QED) is 0.526. The fourth-order valence-corrected chi connectivity index (χ4v) is 1.34. The van der Waals surface area contributed by atoms with Gasteiger partial charge < -0.3 is 13.3 Å². The third-order valence-electron chi connectivity index (χ3n) is 1.88. The SMILES string of the molecule is O=c1oc2oc3ccccc3c2o1. The number of fused-ring (bicyclic) bond motifs is 3. The molecular weight excluding hydrogens is 172 g/mol. The van der Waals surface area contributed by atoms with Crippen LogP contribution in [0.15, 0.2) is 42.3 Å². The molecule has 0 aliphatic rings. The van der Waals surface area contributed by atoms with E-state index in [1.54, 1.807) is 12.1 Å². The number of benzene rings is 1. The molecule has 0 aliphatic carbocycles. The van der Waals surface area contributed by atoms with E-state index in [-0.39, 0.29) is 5.78 Å². The molecule has 0 bridgehead atoms. The molecular formula is C9H4O4. The topological polar surface area (TPSA) is 56.5 Å². The minimum absolute atomic E-state index is 0.145. The molecule has 0 amide bonds. The maximum atomic E-state index is 10.7. The van der Waals surface area contributed by atoms with E-state index in [1.807, 2.05) is 12.1 Å². The Kier molecular flexibility index (Phi) is 1.02. The molecule has 4 nitrogen and oxygen atoms in total. The minimum atomic E-state index is -0.737. The summed E-state index contributed by atoms with van der Waals surface area (Å²) in [6, 6.07) is 7.26. The molecule has 0 saturated heterocycles. The van der Waals surface area contributed by atoms with Crippen LogP contribution in [0.25, 0.3) is 22.3 Å². The van der Waals surface area contributed by atoms with Crippen LogP contribution in [0.5, 0.6) is 0 Å². The molecule has 0 saturated carbocycles. The van der Waals surface area contributed by atoms with Crippen molar-refractivity contribution in [3.05, 3.63) is 34.9 Å². The van der Waals surface area contributed by atoms with Gasteiger partial charge in [-0.05, 0) is 12.1 Å². The highest BCUT2D eigenvalue weighted by molar-refractivity contribution is 5.98. The number of hydrogen-bond donors (Lipinski definition) is 0. The molecule has 3 rings (SSSR count). The van der Waals surface area contributed by atoms with E-state index in [0.717, 1.165) is 5.39 Å². The molecule has 0 unspecified atom stereocenters. The second-order valence-corrected chi connectivity index (χ2v) is 2.67. The second-order valence-electron chi connectivity index (χ2n) is 2.67. The molecule has 0 fully saturated rings. The molecule has 13 heavy (non-hydrogen) atoms. The van der Waals surface area contributed by atoms with E-state index in [2.05, 4.69) is 4.42 Å². The van der Waals surface area contributed by atoms with E-state index in [9.17, 15) is 4.79 Å². The third-order valence-corrected chi connectivity index (χ3v) is 1.88. The van der Waals surface area contributed by atoms with Crippen molar-refractivity contribution in [2.75, 3.05) is 0 Å². The van der Waals surface area contributed by atoms with Crippen molar-refractivity contribution in [2.45, 2.75) is 0 Å². The van der Waals surface area contributed by atoms with Crippen LogP contribution >= 0.6 is 0 Å². The Morgan fingerprint density at radius 2 is 1.85 bits per heavy atom. The van der Waals surface area contributed by atoms with Crippen molar-refractivity contribution in [1.29, 1.82) is 0 Å². The molecule has 2 heterocycles. The van der Waals surface area contributed by atoms with Crippen molar-refractivity contribution in [3.63, 3.8) is 0 Å². The lowest BCUT2D eigenvalue weighted by Gasteiger charge is -1.82. The number of para-hydroxylation sites is 1. The molecule has 0 atom stereocenters. The van der Waals surface area contributed by atoms with Crippen LogP contribution in [0.1, 0.15) is 0 Å². The Morgan fingerprint density at radius 1 is 1.00 bits per heavy atom. The van der Waals surface area contributed by atoms with Crippen LogP contribution in [-0.2, 0) is 0 Å². The fourth-order valence-electron chi connectivity index (χ4n) is 1.34. The summed E-state index contributed by atoms with van der Waals surface area (Å²) < 4.78 is 14.7. The minimum Gasteiger partial charge on any atom is -0.422 e. The van der Waals surface area contributed by atoms with Crippen LogP contribution < -0.4 is 5.82 Å². The summed E-state index contributed by atoms with van der Waals surface area (Å²) in [5.74, 6) is -0.592. The van der Waals surface area contributed by atoms with Gasteiger partial charge >= 0.3 is 11.6 Å². The molecule has 0 aliphatic heterocycles. The smallest absolute Gasteiger partial charge is 0.422 e. The Balaban J connectivity index is 2.67. The third kappa shape index (κ3) is 0.767. The van der Waals surface area contributed by atoms with Crippen LogP contribution in [-0.4, -0.2) is 0 Å². The largest absolute Gasteiger partial charge is 0.522 e.